The number of halogens is 1. The van der Waals surface area contributed by atoms with E-state index in [-0.39, 0.29) is 11.9 Å². The highest BCUT2D eigenvalue weighted by atomic mass is 79.9. The Hall–Kier alpha value is -2.82. The van der Waals surface area contributed by atoms with E-state index in [4.69, 9.17) is 4.74 Å². The van der Waals surface area contributed by atoms with Gasteiger partial charge in [-0.2, -0.15) is 5.26 Å². The van der Waals surface area contributed by atoms with Crippen molar-refractivity contribution in [3.63, 3.8) is 0 Å². The molecule has 7 heteroatoms. The van der Waals surface area contributed by atoms with Crippen LogP contribution in [0.25, 0.3) is 22.1 Å². The molecule has 29 heavy (non-hydrogen) atoms. The van der Waals surface area contributed by atoms with Gasteiger partial charge in [-0.05, 0) is 46.3 Å². The van der Waals surface area contributed by atoms with Crippen LogP contribution in [-0.4, -0.2) is 32.7 Å². The van der Waals surface area contributed by atoms with Crippen LogP contribution in [0, 0.1) is 17.2 Å². The highest BCUT2D eigenvalue weighted by Gasteiger charge is 2.30. The molecule has 1 aliphatic rings. The van der Waals surface area contributed by atoms with Gasteiger partial charge in [-0.1, -0.05) is 30.3 Å². The summed E-state index contributed by atoms with van der Waals surface area (Å²) in [4.78, 5) is 13.5. The molecule has 0 aliphatic carbocycles. The summed E-state index contributed by atoms with van der Waals surface area (Å²) < 4.78 is 8.79. The van der Waals surface area contributed by atoms with Crippen molar-refractivity contribution in [3.05, 3.63) is 64.7 Å². The van der Waals surface area contributed by atoms with Crippen LogP contribution in [0.3, 0.4) is 0 Å². The molecule has 0 spiro atoms. The van der Waals surface area contributed by atoms with E-state index in [0.29, 0.717) is 5.92 Å². The van der Waals surface area contributed by atoms with Gasteiger partial charge >= 0.3 is 0 Å². The van der Waals surface area contributed by atoms with Gasteiger partial charge in [-0.15, -0.1) is 0 Å². The Morgan fingerprint density at radius 1 is 1.14 bits per heavy atom. The van der Waals surface area contributed by atoms with E-state index < -0.39 is 0 Å². The maximum absolute atomic E-state index is 9.39. The maximum atomic E-state index is 9.39. The van der Waals surface area contributed by atoms with Crippen molar-refractivity contribution in [3.8, 4) is 6.07 Å². The standard InChI is InChI=1S/C22H18BrN5O/c23-16-10-18-20(26-12-16)17-13-25-19(11-24)27-22(17)28(18)21(14-4-2-1-3-5-14)15-6-8-29-9-7-15/h1-5,10,12-13,15,21H,6-9H2/t21-/m1/s1. The second-order valence-electron chi connectivity index (χ2n) is 7.24. The molecule has 0 unspecified atom stereocenters. The SMILES string of the molecule is N#Cc1ncc2c3ncc(Br)cc3n([C@H](c3ccccc3)C3CCOCC3)c2n1. The van der Waals surface area contributed by atoms with E-state index in [0.717, 1.165) is 52.6 Å². The molecule has 5 rings (SSSR count). The highest BCUT2D eigenvalue weighted by molar-refractivity contribution is 9.10. The number of nitriles is 1. The van der Waals surface area contributed by atoms with Crippen LogP contribution >= 0.6 is 15.9 Å². The van der Waals surface area contributed by atoms with Gasteiger partial charge in [0.05, 0.1) is 22.5 Å². The third-order valence-electron chi connectivity index (χ3n) is 5.58. The summed E-state index contributed by atoms with van der Waals surface area (Å²) in [6.07, 6.45) is 5.44. The lowest BCUT2D eigenvalue weighted by Crippen LogP contribution is -2.27. The van der Waals surface area contributed by atoms with Crippen molar-refractivity contribution in [2.75, 3.05) is 13.2 Å². The topological polar surface area (TPSA) is 76.6 Å². The van der Waals surface area contributed by atoms with Gasteiger partial charge in [0.25, 0.3) is 0 Å². The van der Waals surface area contributed by atoms with E-state index in [1.54, 1.807) is 12.4 Å². The van der Waals surface area contributed by atoms with Gasteiger partial charge in [-0.3, -0.25) is 4.98 Å². The van der Waals surface area contributed by atoms with Crippen molar-refractivity contribution in [2.45, 2.75) is 18.9 Å². The summed E-state index contributed by atoms with van der Waals surface area (Å²) in [6, 6.07) is 14.7. The number of pyridine rings is 1. The molecule has 3 aromatic heterocycles. The van der Waals surface area contributed by atoms with Gasteiger partial charge in [0.15, 0.2) is 0 Å². The summed E-state index contributed by atoms with van der Waals surface area (Å²) in [7, 11) is 0. The molecule has 0 N–H and O–H groups in total. The quantitative estimate of drug-likeness (QED) is 0.457. The number of rotatable bonds is 3. The number of benzene rings is 1. The fourth-order valence-corrected chi connectivity index (χ4v) is 4.63. The Bertz CT molecular complexity index is 1220. The minimum atomic E-state index is 0.0673. The van der Waals surface area contributed by atoms with Crippen molar-refractivity contribution in [1.82, 2.24) is 19.5 Å². The second-order valence-corrected chi connectivity index (χ2v) is 8.15. The number of aromatic nitrogens is 4. The van der Waals surface area contributed by atoms with E-state index in [2.05, 4.69) is 71.9 Å². The molecule has 1 fully saturated rings. The Balaban J connectivity index is 1.85. The lowest BCUT2D eigenvalue weighted by molar-refractivity contribution is 0.0552. The van der Waals surface area contributed by atoms with E-state index >= 15 is 0 Å². The first-order chi connectivity index (χ1) is 14.3. The molecule has 0 bridgehead atoms. The highest BCUT2D eigenvalue weighted by Crippen LogP contribution is 2.39. The van der Waals surface area contributed by atoms with Gasteiger partial charge in [-0.25, -0.2) is 9.97 Å². The summed E-state index contributed by atoms with van der Waals surface area (Å²) in [5.74, 6) is 0.559. The van der Waals surface area contributed by atoms with Gasteiger partial charge in [0.1, 0.15) is 11.7 Å². The zero-order valence-corrected chi connectivity index (χ0v) is 17.2. The number of hydrogen-bond donors (Lipinski definition) is 0. The first-order valence-corrected chi connectivity index (χ1v) is 10.4. The lowest BCUT2D eigenvalue weighted by atomic mass is 9.86. The zero-order chi connectivity index (χ0) is 19.8. The molecule has 1 aromatic carbocycles. The molecule has 4 aromatic rings. The van der Waals surface area contributed by atoms with E-state index in [1.807, 2.05) is 6.07 Å². The van der Waals surface area contributed by atoms with E-state index in [9.17, 15) is 5.26 Å². The second kappa shape index (κ2) is 7.54. The normalized spacial score (nSPS) is 16.1. The maximum Gasteiger partial charge on any atom is 0.234 e. The van der Waals surface area contributed by atoms with Crippen LogP contribution in [0.1, 0.15) is 30.3 Å². The van der Waals surface area contributed by atoms with Crippen molar-refractivity contribution < 1.29 is 4.74 Å². The molecule has 0 radical (unpaired) electrons. The Morgan fingerprint density at radius 3 is 2.69 bits per heavy atom. The fraction of sp³-hybridized carbons (Fsp3) is 0.273. The smallest absolute Gasteiger partial charge is 0.234 e. The van der Waals surface area contributed by atoms with Crippen LogP contribution in [0.5, 0.6) is 0 Å². The summed E-state index contributed by atoms with van der Waals surface area (Å²) in [6.45, 7) is 1.51. The van der Waals surface area contributed by atoms with Crippen LogP contribution in [0.15, 0.2) is 53.3 Å². The third-order valence-corrected chi connectivity index (χ3v) is 6.01. The minimum absolute atomic E-state index is 0.0673. The van der Waals surface area contributed by atoms with Gasteiger partial charge < -0.3 is 9.30 Å². The molecule has 1 saturated heterocycles. The summed E-state index contributed by atoms with van der Waals surface area (Å²) in [5, 5.41) is 10.2. The predicted octanol–water partition coefficient (Wildman–Crippen LogP) is 4.63. The Kier molecular flexibility index (Phi) is 4.74. The number of ether oxygens (including phenoxy) is 1. The molecular weight excluding hydrogens is 430 g/mol. The van der Waals surface area contributed by atoms with Crippen molar-refractivity contribution >= 4 is 38.0 Å². The summed E-state index contributed by atoms with van der Waals surface area (Å²) >= 11 is 3.57. The zero-order valence-electron chi connectivity index (χ0n) is 15.6. The van der Waals surface area contributed by atoms with Crippen LogP contribution < -0.4 is 0 Å². The molecule has 1 aliphatic heterocycles. The van der Waals surface area contributed by atoms with Crippen LogP contribution in [-0.2, 0) is 4.74 Å². The Labute approximate surface area is 176 Å². The molecule has 1 atom stereocenters. The van der Waals surface area contributed by atoms with Crippen molar-refractivity contribution in [2.24, 2.45) is 5.92 Å². The van der Waals surface area contributed by atoms with Crippen molar-refractivity contribution in [1.29, 1.82) is 5.26 Å². The van der Waals surface area contributed by atoms with Crippen LogP contribution in [0.4, 0.5) is 0 Å². The third kappa shape index (κ3) is 3.18. The molecular formula is C22H18BrN5O. The average molecular weight is 448 g/mol. The van der Waals surface area contributed by atoms with Crippen LogP contribution in [0.2, 0.25) is 0 Å². The monoisotopic (exact) mass is 447 g/mol. The summed E-state index contributed by atoms with van der Waals surface area (Å²) in [5.41, 5.74) is 3.80. The fourth-order valence-electron chi connectivity index (χ4n) is 4.31. The average Bonchev–Trinajstić information content (AvgIpc) is 3.08. The number of fused-ring (bicyclic) bond motifs is 3. The Morgan fingerprint density at radius 2 is 1.93 bits per heavy atom. The molecule has 4 heterocycles. The minimum Gasteiger partial charge on any atom is -0.381 e. The van der Waals surface area contributed by atoms with Gasteiger partial charge in [0.2, 0.25) is 5.82 Å². The first-order valence-electron chi connectivity index (χ1n) is 9.61. The molecule has 0 saturated carbocycles. The lowest BCUT2D eigenvalue weighted by Gasteiger charge is -2.32. The van der Waals surface area contributed by atoms with Gasteiger partial charge in [0, 0.05) is 30.1 Å². The molecule has 0 amide bonds. The van der Waals surface area contributed by atoms with E-state index in [1.165, 1.54) is 5.56 Å². The molecule has 6 nitrogen and oxygen atoms in total. The molecule has 144 valence electrons. The number of nitrogens with zero attached hydrogens (tertiary/aromatic N) is 5. The number of hydrogen-bond acceptors (Lipinski definition) is 5. The largest absolute Gasteiger partial charge is 0.381 e. The predicted molar refractivity (Wildman–Crippen MR) is 113 cm³/mol. The first kappa shape index (κ1) is 18.2.